The van der Waals surface area contributed by atoms with Gasteiger partial charge in [-0.15, -0.1) is 0 Å². The van der Waals surface area contributed by atoms with Gasteiger partial charge < -0.3 is 9.32 Å². The van der Waals surface area contributed by atoms with Crippen molar-refractivity contribution in [3.05, 3.63) is 35.9 Å². The van der Waals surface area contributed by atoms with Gasteiger partial charge in [0.25, 0.3) is 0 Å². The summed E-state index contributed by atoms with van der Waals surface area (Å²) in [5.74, 6) is 0.868. The predicted octanol–water partition coefficient (Wildman–Crippen LogP) is 4.19. The molecule has 3 rings (SSSR count). The molecular formula is C15H19N3O2S. The van der Waals surface area contributed by atoms with E-state index in [9.17, 15) is 4.79 Å². The second kappa shape index (κ2) is 6.30. The third-order valence-corrected chi connectivity index (χ3v) is 4.54. The number of hydrogen-bond acceptors (Lipinski definition) is 4. The van der Waals surface area contributed by atoms with Crippen LogP contribution in [0, 0.1) is 6.92 Å². The number of furan rings is 1. The summed E-state index contributed by atoms with van der Waals surface area (Å²) in [6.07, 6.45) is 5.92. The molecule has 21 heavy (non-hydrogen) atoms. The highest BCUT2D eigenvalue weighted by Gasteiger charge is 2.28. The van der Waals surface area contributed by atoms with Gasteiger partial charge in [0.1, 0.15) is 10.8 Å². The summed E-state index contributed by atoms with van der Waals surface area (Å²) in [6, 6.07) is 5.68. The molecule has 0 saturated carbocycles. The van der Waals surface area contributed by atoms with Crippen LogP contribution in [0.5, 0.6) is 0 Å². The Morgan fingerprint density at radius 2 is 2.38 bits per heavy atom. The van der Waals surface area contributed by atoms with Crippen molar-refractivity contribution >= 4 is 22.6 Å². The second-order valence-electron chi connectivity index (χ2n) is 5.34. The molecule has 1 saturated heterocycles. The van der Waals surface area contributed by atoms with Crippen LogP contribution in [0.15, 0.2) is 28.9 Å². The first-order valence-corrected chi connectivity index (χ1v) is 8.06. The van der Waals surface area contributed by atoms with E-state index in [0.29, 0.717) is 0 Å². The average Bonchev–Trinajstić information content (AvgIpc) is 3.06. The Labute approximate surface area is 128 Å². The molecule has 1 aliphatic heterocycles. The molecule has 0 aromatic carbocycles. The van der Waals surface area contributed by atoms with E-state index in [2.05, 4.69) is 9.69 Å². The number of rotatable bonds is 2. The van der Waals surface area contributed by atoms with Gasteiger partial charge >= 0.3 is 6.03 Å². The summed E-state index contributed by atoms with van der Waals surface area (Å²) in [4.78, 5) is 14.5. The van der Waals surface area contributed by atoms with Crippen molar-refractivity contribution in [2.45, 2.75) is 38.6 Å². The molecule has 2 aromatic heterocycles. The van der Waals surface area contributed by atoms with E-state index in [-0.39, 0.29) is 12.1 Å². The summed E-state index contributed by atoms with van der Waals surface area (Å²) in [5.41, 5.74) is 0.925. The zero-order valence-electron chi connectivity index (χ0n) is 12.0. The van der Waals surface area contributed by atoms with Crippen LogP contribution in [-0.4, -0.2) is 21.8 Å². The monoisotopic (exact) mass is 305 g/mol. The number of carbonyl (C=O) groups excluding carboxylic acids is 1. The van der Waals surface area contributed by atoms with Gasteiger partial charge in [0, 0.05) is 6.54 Å². The normalized spacial score (nSPS) is 19.3. The zero-order valence-corrected chi connectivity index (χ0v) is 12.9. The lowest BCUT2D eigenvalue weighted by Crippen LogP contribution is -2.37. The van der Waals surface area contributed by atoms with Crippen LogP contribution in [0.4, 0.5) is 9.80 Å². The van der Waals surface area contributed by atoms with E-state index >= 15 is 0 Å². The Kier molecular flexibility index (Phi) is 4.24. The number of likely N-dealkylation sites (tertiary alicyclic amines) is 1. The molecule has 6 heteroatoms. The van der Waals surface area contributed by atoms with E-state index in [1.54, 1.807) is 6.26 Å². The first kappa shape index (κ1) is 14.1. The van der Waals surface area contributed by atoms with Crippen molar-refractivity contribution in [2.24, 2.45) is 0 Å². The Morgan fingerprint density at radius 3 is 3.10 bits per heavy atom. The van der Waals surface area contributed by atoms with Crippen LogP contribution in [-0.2, 0) is 0 Å². The third-order valence-electron chi connectivity index (χ3n) is 3.74. The molecule has 1 aliphatic rings. The highest BCUT2D eigenvalue weighted by atomic mass is 32.1. The number of aryl methyl sites for hydroxylation is 1. The molecule has 2 amide bonds. The van der Waals surface area contributed by atoms with Crippen molar-refractivity contribution in [3.63, 3.8) is 0 Å². The Balaban J connectivity index is 1.77. The molecule has 1 N–H and O–H groups in total. The zero-order chi connectivity index (χ0) is 14.7. The lowest BCUT2D eigenvalue weighted by atomic mass is 10.1. The number of hydrogen-bond donors (Lipinski definition) is 1. The molecule has 3 heterocycles. The molecular weight excluding hydrogens is 286 g/mol. The standard InChI is InChI=1S/C15H19N3O2S/c1-11-10-14(21-17-11)16-15(19)18-8-4-2-3-6-12(18)13-7-5-9-20-13/h5,7,9-10,12H,2-4,6,8H2,1H3,(H,16,19)/t12-/m1/s1. The van der Waals surface area contributed by atoms with Crippen molar-refractivity contribution in [3.8, 4) is 0 Å². The summed E-state index contributed by atoms with van der Waals surface area (Å²) < 4.78 is 9.72. The predicted molar refractivity (Wildman–Crippen MR) is 82.5 cm³/mol. The first-order chi connectivity index (χ1) is 10.2. The van der Waals surface area contributed by atoms with E-state index in [4.69, 9.17) is 4.42 Å². The fraction of sp³-hybridized carbons (Fsp3) is 0.467. The minimum absolute atomic E-state index is 0.0246. The highest BCUT2D eigenvalue weighted by molar-refractivity contribution is 7.10. The van der Waals surface area contributed by atoms with Gasteiger partial charge in [-0.1, -0.05) is 12.8 Å². The van der Waals surface area contributed by atoms with Gasteiger partial charge in [-0.3, -0.25) is 5.32 Å². The van der Waals surface area contributed by atoms with E-state index in [0.717, 1.165) is 48.7 Å². The lowest BCUT2D eigenvalue weighted by Gasteiger charge is -2.28. The minimum atomic E-state index is -0.0676. The Hall–Kier alpha value is -1.82. The molecule has 0 aliphatic carbocycles. The second-order valence-corrected chi connectivity index (χ2v) is 6.14. The maximum absolute atomic E-state index is 12.6. The third kappa shape index (κ3) is 3.26. The maximum atomic E-state index is 12.6. The molecule has 1 atom stereocenters. The number of nitrogens with one attached hydrogen (secondary N) is 1. The number of aromatic nitrogens is 1. The van der Waals surface area contributed by atoms with E-state index < -0.39 is 0 Å². The molecule has 1 fully saturated rings. The van der Waals surface area contributed by atoms with Gasteiger partial charge in [-0.2, -0.15) is 4.37 Å². The fourth-order valence-electron chi connectivity index (χ4n) is 2.73. The molecule has 112 valence electrons. The maximum Gasteiger partial charge on any atom is 0.323 e. The Bertz CT molecular complexity index is 594. The minimum Gasteiger partial charge on any atom is -0.467 e. The molecule has 0 spiro atoms. The van der Waals surface area contributed by atoms with Gasteiger partial charge in [0.05, 0.1) is 18.0 Å². The Morgan fingerprint density at radius 1 is 1.48 bits per heavy atom. The average molecular weight is 305 g/mol. The molecule has 0 unspecified atom stereocenters. The van der Waals surface area contributed by atoms with Crippen LogP contribution < -0.4 is 5.32 Å². The van der Waals surface area contributed by atoms with E-state index in [1.165, 1.54) is 11.5 Å². The van der Waals surface area contributed by atoms with Gasteiger partial charge in [-0.05, 0) is 49.5 Å². The smallest absolute Gasteiger partial charge is 0.323 e. The van der Waals surface area contributed by atoms with Crippen molar-refractivity contribution in [1.29, 1.82) is 0 Å². The van der Waals surface area contributed by atoms with Crippen LogP contribution >= 0.6 is 11.5 Å². The summed E-state index contributed by atoms with van der Waals surface area (Å²) in [6.45, 7) is 2.68. The molecule has 5 nitrogen and oxygen atoms in total. The van der Waals surface area contributed by atoms with Crippen molar-refractivity contribution < 1.29 is 9.21 Å². The van der Waals surface area contributed by atoms with E-state index in [1.807, 2.05) is 30.0 Å². The SMILES string of the molecule is Cc1cc(NC(=O)N2CCCCC[C@@H]2c2ccco2)sn1. The molecule has 2 aromatic rings. The summed E-state index contributed by atoms with van der Waals surface area (Å²) >= 11 is 1.31. The quantitative estimate of drug-likeness (QED) is 0.905. The highest BCUT2D eigenvalue weighted by Crippen LogP contribution is 2.31. The number of amides is 2. The molecule has 0 bridgehead atoms. The van der Waals surface area contributed by atoms with Crippen molar-refractivity contribution in [1.82, 2.24) is 9.27 Å². The van der Waals surface area contributed by atoms with Gasteiger partial charge in [0.2, 0.25) is 0 Å². The fourth-order valence-corrected chi connectivity index (χ4v) is 3.38. The van der Waals surface area contributed by atoms with Gasteiger partial charge in [0.15, 0.2) is 0 Å². The van der Waals surface area contributed by atoms with Crippen molar-refractivity contribution in [2.75, 3.05) is 11.9 Å². The number of urea groups is 1. The van der Waals surface area contributed by atoms with Crippen LogP contribution in [0.2, 0.25) is 0 Å². The number of anilines is 1. The topological polar surface area (TPSA) is 58.4 Å². The summed E-state index contributed by atoms with van der Waals surface area (Å²) in [5, 5.41) is 3.75. The number of nitrogens with zero attached hydrogens (tertiary/aromatic N) is 2. The van der Waals surface area contributed by atoms with Crippen LogP contribution in [0.25, 0.3) is 0 Å². The van der Waals surface area contributed by atoms with Crippen LogP contribution in [0.3, 0.4) is 0 Å². The summed E-state index contributed by atoms with van der Waals surface area (Å²) in [7, 11) is 0. The molecule has 0 radical (unpaired) electrons. The van der Waals surface area contributed by atoms with Gasteiger partial charge in [-0.25, -0.2) is 4.79 Å². The lowest BCUT2D eigenvalue weighted by molar-refractivity contribution is 0.179. The first-order valence-electron chi connectivity index (χ1n) is 7.28. The van der Waals surface area contributed by atoms with Crippen LogP contribution in [0.1, 0.15) is 43.2 Å². The largest absolute Gasteiger partial charge is 0.467 e. The number of carbonyl (C=O) groups is 1.